The fourth-order valence-corrected chi connectivity index (χ4v) is 5.27. The second-order valence-corrected chi connectivity index (χ2v) is 10.4. The average Bonchev–Trinajstić information content (AvgIpc) is 3.50. The molecule has 0 spiro atoms. The zero-order valence-electron chi connectivity index (χ0n) is 22.3. The fraction of sp³-hybridized carbons (Fsp3) is 0.571. The number of aliphatic carboxylic acids is 1. The van der Waals surface area contributed by atoms with Crippen molar-refractivity contribution in [3.63, 3.8) is 0 Å². The van der Waals surface area contributed by atoms with Crippen molar-refractivity contribution < 1.29 is 32.6 Å². The van der Waals surface area contributed by atoms with E-state index in [1.165, 1.54) is 31.6 Å². The van der Waals surface area contributed by atoms with Gasteiger partial charge >= 0.3 is 18.2 Å². The standard InChI is InChI=1S/C24H28F3N5O3.C4H8O/c25-24(26,27)8-9-32(17-4-2-1-3-5-17)21-7-6-15(18-11-19(18)22(33)34)10-20(21)31-23(35)30-16-12-28-14-29-13-16;1-2-4-5-3-1/h6-7,10,12-14,17-19H,1-5,8-9,11H2,(H,33,34)(H2,30,31,35);1-4H2/t18-,19-;/m1./s1. The Labute approximate surface area is 231 Å². The molecule has 0 radical (unpaired) electrons. The average molecular weight is 564 g/mol. The lowest BCUT2D eigenvalue weighted by atomic mass is 9.93. The van der Waals surface area contributed by atoms with Gasteiger partial charge < -0.3 is 25.4 Å². The summed E-state index contributed by atoms with van der Waals surface area (Å²) < 4.78 is 44.5. The Balaban J connectivity index is 0.000000666. The smallest absolute Gasteiger partial charge is 0.390 e. The normalized spacial score (nSPS) is 20.7. The Kier molecular flexibility index (Phi) is 10.2. The molecule has 2 saturated carbocycles. The summed E-state index contributed by atoms with van der Waals surface area (Å²) in [6, 6.07) is 4.49. The van der Waals surface area contributed by atoms with Gasteiger partial charge in [0.25, 0.3) is 0 Å². The summed E-state index contributed by atoms with van der Waals surface area (Å²) >= 11 is 0. The van der Waals surface area contributed by atoms with Crippen LogP contribution in [-0.2, 0) is 9.53 Å². The van der Waals surface area contributed by atoms with E-state index < -0.39 is 30.5 Å². The highest BCUT2D eigenvalue weighted by Crippen LogP contribution is 2.49. The molecule has 0 unspecified atom stereocenters. The fourth-order valence-electron chi connectivity index (χ4n) is 5.27. The predicted octanol–water partition coefficient (Wildman–Crippen LogP) is 6.20. The number of hydrogen-bond acceptors (Lipinski definition) is 6. The molecule has 3 aliphatic rings. The third-order valence-electron chi connectivity index (χ3n) is 7.41. The van der Waals surface area contributed by atoms with Gasteiger partial charge in [-0.15, -0.1) is 0 Å². The SMILES string of the molecule is C1CCOC1.O=C(Nc1cncnc1)Nc1cc([C@H]2C[C@H]2C(=O)O)ccc1N(CCC(F)(F)F)C1CCCCC1. The highest BCUT2D eigenvalue weighted by Gasteiger charge is 2.44. The molecule has 3 N–H and O–H groups in total. The number of aromatic nitrogens is 2. The number of anilines is 3. The van der Waals surface area contributed by atoms with Crippen molar-refractivity contribution in [3.8, 4) is 0 Å². The molecule has 40 heavy (non-hydrogen) atoms. The number of urea groups is 1. The van der Waals surface area contributed by atoms with Crippen molar-refractivity contribution in [1.82, 2.24) is 9.97 Å². The predicted molar refractivity (Wildman–Crippen MR) is 145 cm³/mol. The number of carbonyl (C=O) groups excluding carboxylic acids is 1. The summed E-state index contributed by atoms with van der Waals surface area (Å²) in [7, 11) is 0. The van der Waals surface area contributed by atoms with Crippen molar-refractivity contribution in [2.75, 3.05) is 35.3 Å². The molecule has 2 heterocycles. The monoisotopic (exact) mass is 563 g/mol. The number of carboxylic acids is 1. The molecule has 5 rings (SSSR count). The number of amides is 2. The van der Waals surface area contributed by atoms with Gasteiger partial charge in [0.1, 0.15) is 6.33 Å². The first-order valence-electron chi connectivity index (χ1n) is 13.8. The van der Waals surface area contributed by atoms with E-state index in [1.54, 1.807) is 23.1 Å². The zero-order valence-corrected chi connectivity index (χ0v) is 22.3. The van der Waals surface area contributed by atoms with Crippen LogP contribution in [0.2, 0.25) is 0 Å². The van der Waals surface area contributed by atoms with Crippen molar-refractivity contribution in [2.45, 2.75) is 75.9 Å². The summed E-state index contributed by atoms with van der Waals surface area (Å²) in [4.78, 5) is 33.6. The van der Waals surface area contributed by atoms with Crippen LogP contribution in [0.3, 0.4) is 0 Å². The van der Waals surface area contributed by atoms with Gasteiger partial charge in [-0.2, -0.15) is 13.2 Å². The number of rotatable bonds is 8. The van der Waals surface area contributed by atoms with Crippen LogP contribution < -0.4 is 15.5 Å². The van der Waals surface area contributed by atoms with Crippen LogP contribution in [0, 0.1) is 5.92 Å². The van der Waals surface area contributed by atoms with E-state index in [9.17, 15) is 27.9 Å². The van der Waals surface area contributed by atoms with Gasteiger partial charge in [0.2, 0.25) is 0 Å². The number of alkyl halides is 3. The molecular weight excluding hydrogens is 527 g/mol. The lowest BCUT2D eigenvalue weighted by molar-refractivity contribution is -0.138. The number of carboxylic acid groups (broad SMARTS) is 1. The minimum atomic E-state index is -4.31. The largest absolute Gasteiger partial charge is 0.481 e. The number of nitrogens with one attached hydrogen (secondary N) is 2. The van der Waals surface area contributed by atoms with Gasteiger partial charge in [-0.3, -0.25) is 4.79 Å². The molecule has 9 nitrogen and oxygen atoms in total. The van der Waals surface area contributed by atoms with E-state index in [2.05, 4.69) is 20.6 Å². The minimum absolute atomic E-state index is 0.0734. The van der Waals surface area contributed by atoms with Gasteiger partial charge in [-0.1, -0.05) is 25.3 Å². The molecule has 1 aromatic heterocycles. The minimum Gasteiger partial charge on any atom is -0.481 e. The number of nitrogens with zero attached hydrogens (tertiary/aromatic N) is 3. The summed E-state index contributed by atoms with van der Waals surface area (Å²) in [6.07, 6.45) is 6.39. The summed E-state index contributed by atoms with van der Waals surface area (Å²) in [5, 5.41) is 14.7. The maximum Gasteiger partial charge on any atom is 0.390 e. The number of carbonyl (C=O) groups is 2. The highest BCUT2D eigenvalue weighted by molar-refractivity contribution is 6.01. The highest BCUT2D eigenvalue weighted by atomic mass is 19.4. The molecule has 2 aromatic rings. The zero-order chi connectivity index (χ0) is 28.5. The van der Waals surface area contributed by atoms with Crippen LogP contribution in [0.5, 0.6) is 0 Å². The molecule has 3 fully saturated rings. The van der Waals surface area contributed by atoms with Gasteiger partial charge in [0.05, 0.1) is 41.8 Å². The number of hydrogen-bond donors (Lipinski definition) is 3. The van der Waals surface area contributed by atoms with Crippen LogP contribution >= 0.6 is 0 Å². The lowest BCUT2D eigenvalue weighted by Crippen LogP contribution is -2.39. The van der Waals surface area contributed by atoms with E-state index in [0.29, 0.717) is 23.5 Å². The van der Waals surface area contributed by atoms with E-state index in [-0.39, 0.29) is 18.5 Å². The molecule has 2 aliphatic carbocycles. The maximum absolute atomic E-state index is 13.2. The molecular formula is C28H36F3N5O4. The van der Waals surface area contributed by atoms with E-state index in [1.807, 2.05) is 0 Å². The molecule has 1 aromatic carbocycles. The Morgan fingerprint density at radius 1 is 1.02 bits per heavy atom. The van der Waals surface area contributed by atoms with Gasteiger partial charge in [0, 0.05) is 25.8 Å². The second kappa shape index (κ2) is 13.8. The van der Waals surface area contributed by atoms with Gasteiger partial charge in [-0.25, -0.2) is 14.8 Å². The molecule has 218 valence electrons. The Morgan fingerprint density at radius 2 is 1.73 bits per heavy atom. The summed E-state index contributed by atoms with van der Waals surface area (Å²) in [5.74, 6) is -1.57. The van der Waals surface area contributed by atoms with Crippen molar-refractivity contribution >= 4 is 29.1 Å². The molecule has 1 aliphatic heterocycles. The summed E-state index contributed by atoms with van der Waals surface area (Å²) in [6.45, 7) is 1.78. The molecule has 12 heteroatoms. The number of benzene rings is 1. The van der Waals surface area contributed by atoms with Gasteiger partial charge in [0.15, 0.2) is 0 Å². The Bertz CT molecular complexity index is 1120. The topological polar surface area (TPSA) is 117 Å². The number of ether oxygens (including phenoxy) is 1. The van der Waals surface area contributed by atoms with Gasteiger partial charge in [-0.05, 0) is 55.7 Å². The molecule has 1 saturated heterocycles. The third-order valence-corrected chi connectivity index (χ3v) is 7.41. The quantitative estimate of drug-likeness (QED) is 0.350. The van der Waals surface area contributed by atoms with E-state index >= 15 is 0 Å². The lowest BCUT2D eigenvalue weighted by Gasteiger charge is -2.37. The van der Waals surface area contributed by atoms with Crippen molar-refractivity contribution in [3.05, 3.63) is 42.5 Å². The van der Waals surface area contributed by atoms with Crippen LogP contribution in [0.1, 0.15) is 69.3 Å². The first-order valence-corrected chi connectivity index (χ1v) is 13.8. The second-order valence-electron chi connectivity index (χ2n) is 10.4. The first-order chi connectivity index (χ1) is 19.2. The molecule has 2 amide bonds. The molecule has 2 atom stereocenters. The van der Waals surface area contributed by atoms with E-state index in [0.717, 1.165) is 50.9 Å². The molecule has 0 bridgehead atoms. The van der Waals surface area contributed by atoms with Crippen LogP contribution in [0.25, 0.3) is 0 Å². The van der Waals surface area contributed by atoms with Crippen LogP contribution in [-0.4, -0.2) is 59.1 Å². The van der Waals surface area contributed by atoms with E-state index in [4.69, 9.17) is 4.74 Å². The first kappa shape index (κ1) is 29.6. The van der Waals surface area contributed by atoms with Crippen LogP contribution in [0.15, 0.2) is 36.9 Å². The number of halogens is 3. The van der Waals surface area contributed by atoms with Crippen molar-refractivity contribution in [1.29, 1.82) is 0 Å². The maximum atomic E-state index is 13.2. The Hall–Kier alpha value is -3.41. The third kappa shape index (κ3) is 8.80. The summed E-state index contributed by atoms with van der Waals surface area (Å²) in [5.41, 5.74) is 1.94. The van der Waals surface area contributed by atoms with Crippen molar-refractivity contribution in [2.24, 2.45) is 5.92 Å². The Morgan fingerprint density at radius 3 is 2.30 bits per heavy atom. The van der Waals surface area contributed by atoms with Crippen LogP contribution in [0.4, 0.5) is 35.0 Å².